The van der Waals surface area contributed by atoms with Crippen LogP contribution < -0.4 is 20.1 Å². The number of ether oxygens (including phenoxy) is 3. The van der Waals surface area contributed by atoms with Crippen molar-refractivity contribution >= 4 is 5.96 Å². The average molecular weight is 441 g/mol. The Bertz CT molecular complexity index is 893. The molecule has 1 aliphatic heterocycles. The molecule has 0 aromatic heterocycles. The van der Waals surface area contributed by atoms with E-state index in [2.05, 4.69) is 58.6 Å². The Balaban J connectivity index is 1.57. The molecule has 174 valence electrons. The van der Waals surface area contributed by atoms with Crippen LogP contribution in [0.4, 0.5) is 0 Å². The van der Waals surface area contributed by atoms with E-state index < -0.39 is 0 Å². The van der Waals surface area contributed by atoms with Crippen LogP contribution in [0.2, 0.25) is 0 Å². The molecule has 2 N–H and O–H groups in total. The minimum atomic E-state index is 0.267. The van der Waals surface area contributed by atoms with Crippen LogP contribution in [0.25, 0.3) is 0 Å². The van der Waals surface area contributed by atoms with Gasteiger partial charge in [-0.25, -0.2) is 0 Å². The molecule has 2 atom stereocenters. The first-order valence-electron chi connectivity index (χ1n) is 11.1. The summed E-state index contributed by atoms with van der Waals surface area (Å²) in [6.07, 6.45) is 0.535. The van der Waals surface area contributed by atoms with Crippen molar-refractivity contribution in [2.24, 2.45) is 4.99 Å². The van der Waals surface area contributed by atoms with Gasteiger partial charge in [-0.1, -0.05) is 30.3 Å². The van der Waals surface area contributed by atoms with Crippen molar-refractivity contribution in [3.05, 3.63) is 59.2 Å². The molecule has 7 nitrogen and oxygen atoms in total. The van der Waals surface area contributed by atoms with Crippen molar-refractivity contribution < 1.29 is 14.2 Å². The smallest absolute Gasteiger partial charge is 0.191 e. The van der Waals surface area contributed by atoms with Gasteiger partial charge in [0.2, 0.25) is 0 Å². The van der Waals surface area contributed by atoms with Gasteiger partial charge in [0.1, 0.15) is 0 Å². The number of benzene rings is 2. The Hall–Kier alpha value is -2.77. The number of hydrogen-bond acceptors (Lipinski definition) is 5. The molecule has 1 heterocycles. The van der Waals surface area contributed by atoms with Crippen LogP contribution in [0.15, 0.2) is 47.5 Å². The zero-order valence-electron chi connectivity index (χ0n) is 19.9. The van der Waals surface area contributed by atoms with Crippen LogP contribution in [0.1, 0.15) is 30.5 Å². The van der Waals surface area contributed by atoms with Crippen LogP contribution in [0.5, 0.6) is 11.5 Å². The van der Waals surface area contributed by atoms with Gasteiger partial charge >= 0.3 is 0 Å². The number of guanidine groups is 1. The number of nitrogens with zero attached hydrogens (tertiary/aromatic N) is 2. The second-order valence-electron chi connectivity index (χ2n) is 8.19. The van der Waals surface area contributed by atoms with Gasteiger partial charge in [0.25, 0.3) is 0 Å². The molecule has 3 rings (SSSR count). The molecule has 2 aromatic rings. The summed E-state index contributed by atoms with van der Waals surface area (Å²) in [6, 6.07) is 14.5. The van der Waals surface area contributed by atoms with E-state index in [0.29, 0.717) is 13.1 Å². The predicted octanol–water partition coefficient (Wildman–Crippen LogP) is 3.18. The molecule has 32 heavy (non-hydrogen) atoms. The molecule has 0 radical (unpaired) electrons. The summed E-state index contributed by atoms with van der Waals surface area (Å²) in [4.78, 5) is 6.85. The van der Waals surface area contributed by atoms with E-state index in [0.717, 1.165) is 42.7 Å². The monoisotopic (exact) mass is 440 g/mol. The van der Waals surface area contributed by atoms with Crippen molar-refractivity contribution in [3.8, 4) is 11.5 Å². The van der Waals surface area contributed by atoms with Crippen molar-refractivity contribution in [1.82, 2.24) is 15.5 Å². The largest absolute Gasteiger partial charge is 0.493 e. The number of nitrogens with one attached hydrogen (secondary N) is 2. The van der Waals surface area contributed by atoms with Gasteiger partial charge in [-0.2, -0.15) is 0 Å². The van der Waals surface area contributed by atoms with E-state index in [1.807, 2.05) is 18.2 Å². The summed E-state index contributed by atoms with van der Waals surface area (Å²) in [5, 5.41) is 6.81. The molecule has 1 aliphatic rings. The fourth-order valence-corrected chi connectivity index (χ4v) is 4.11. The minimum Gasteiger partial charge on any atom is -0.493 e. The highest BCUT2D eigenvalue weighted by Gasteiger charge is 2.22. The van der Waals surface area contributed by atoms with E-state index in [4.69, 9.17) is 14.2 Å². The van der Waals surface area contributed by atoms with E-state index >= 15 is 0 Å². The maximum atomic E-state index is 5.88. The molecular formula is C25H36N4O3. The van der Waals surface area contributed by atoms with Crippen LogP contribution in [0.3, 0.4) is 0 Å². The molecule has 2 aromatic carbocycles. The van der Waals surface area contributed by atoms with Gasteiger partial charge < -0.3 is 24.8 Å². The van der Waals surface area contributed by atoms with Gasteiger partial charge in [0, 0.05) is 39.8 Å². The third-order valence-electron chi connectivity index (χ3n) is 5.59. The molecule has 0 bridgehead atoms. The molecule has 0 saturated carbocycles. The van der Waals surface area contributed by atoms with Crippen molar-refractivity contribution in [1.29, 1.82) is 0 Å². The van der Waals surface area contributed by atoms with Crippen molar-refractivity contribution in [3.63, 3.8) is 0 Å². The zero-order valence-corrected chi connectivity index (χ0v) is 19.9. The van der Waals surface area contributed by atoms with Crippen LogP contribution in [-0.2, 0) is 24.4 Å². The van der Waals surface area contributed by atoms with Crippen LogP contribution in [0, 0.1) is 0 Å². The van der Waals surface area contributed by atoms with Gasteiger partial charge in [-0.3, -0.25) is 9.89 Å². The fraction of sp³-hybridized carbons (Fsp3) is 0.480. The van der Waals surface area contributed by atoms with Crippen LogP contribution >= 0.6 is 0 Å². The molecule has 1 fully saturated rings. The third kappa shape index (κ3) is 6.61. The van der Waals surface area contributed by atoms with Gasteiger partial charge in [-0.15, -0.1) is 0 Å². The number of morpholine rings is 1. The first-order valence-corrected chi connectivity index (χ1v) is 11.1. The Morgan fingerprint density at radius 3 is 2.28 bits per heavy atom. The first-order chi connectivity index (χ1) is 15.5. The quantitative estimate of drug-likeness (QED) is 0.486. The lowest BCUT2D eigenvalue weighted by molar-refractivity contribution is -0.0705. The van der Waals surface area contributed by atoms with E-state index in [9.17, 15) is 0 Å². The normalized spacial score (nSPS) is 19.5. The number of rotatable bonds is 8. The highest BCUT2D eigenvalue weighted by Crippen LogP contribution is 2.27. The minimum absolute atomic E-state index is 0.267. The number of hydrogen-bond donors (Lipinski definition) is 2. The maximum absolute atomic E-state index is 5.88. The van der Waals surface area contributed by atoms with Crippen molar-refractivity contribution in [2.45, 2.75) is 45.7 Å². The lowest BCUT2D eigenvalue weighted by Crippen LogP contribution is -2.45. The topological polar surface area (TPSA) is 67.4 Å². The molecule has 1 saturated heterocycles. The molecule has 7 heteroatoms. The summed E-state index contributed by atoms with van der Waals surface area (Å²) in [6.45, 7) is 8.46. The Kier molecular flexibility index (Phi) is 8.76. The Morgan fingerprint density at radius 1 is 0.969 bits per heavy atom. The highest BCUT2D eigenvalue weighted by atomic mass is 16.5. The number of aliphatic imine (C=N–C) groups is 1. The van der Waals surface area contributed by atoms with Gasteiger partial charge in [0.05, 0.1) is 26.4 Å². The lowest BCUT2D eigenvalue weighted by Gasteiger charge is -2.35. The summed E-state index contributed by atoms with van der Waals surface area (Å²) >= 11 is 0. The van der Waals surface area contributed by atoms with E-state index in [-0.39, 0.29) is 12.2 Å². The average Bonchev–Trinajstić information content (AvgIpc) is 2.79. The van der Waals surface area contributed by atoms with Gasteiger partial charge in [0.15, 0.2) is 17.5 Å². The summed E-state index contributed by atoms with van der Waals surface area (Å²) < 4.78 is 16.6. The van der Waals surface area contributed by atoms with Crippen LogP contribution in [-0.4, -0.2) is 57.4 Å². The second-order valence-corrected chi connectivity index (χ2v) is 8.19. The highest BCUT2D eigenvalue weighted by molar-refractivity contribution is 5.79. The molecular weight excluding hydrogens is 404 g/mol. The Labute approximate surface area is 191 Å². The second kappa shape index (κ2) is 11.7. The SMILES string of the molecule is CN=C(NCc1ccc(OC)c(OC)c1)NCc1ccccc1CN1CC(C)OC(C)C1. The molecule has 0 aliphatic carbocycles. The molecule has 0 amide bonds. The fourth-order valence-electron chi connectivity index (χ4n) is 4.11. The van der Waals surface area contributed by atoms with Crippen molar-refractivity contribution in [2.75, 3.05) is 34.4 Å². The lowest BCUT2D eigenvalue weighted by atomic mass is 10.1. The number of methoxy groups -OCH3 is 2. The van der Waals surface area contributed by atoms with Gasteiger partial charge in [-0.05, 0) is 42.7 Å². The predicted molar refractivity (Wildman–Crippen MR) is 128 cm³/mol. The van der Waals surface area contributed by atoms with E-state index in [1.54, 1.807) is 21.3 Å². The molecule has 0 spiro atoms. The third-order valence-corrected chi connectivity index (χ3v) is 5.59. The molecule has 2 unspecified atom stereocenters. The van der Waals surface area contributed by atoms with E-state index in [1.165, 1.54) is 11.1 Å². The standard InChI is InChI=1S/C25H36N4O3/c1-18-15-29(16-19(2)32-18)17-22-9-7-6-8-21(22)14-28-25(26-3)27-13-20-10-11-23(30-4)24(12-20)31-5/h6-12,18-19H,13-17H2,1-5H3,(H2,26,27,28). The maximum Gasteiger partial charge on any atom is 0.191 e. The zero-order chi connectivity index (χ0) is 22.9. The summed E-state index contributed by atoms with van der Waals surface area (Å²) in [5.74, 6) is 2.19. The first kappa shape index (κ1) is 23.9. The summed E-state index contributed by atoms with van der Waals surface area (Å²) in [5.41, 5.74) is 3.69. The Morgan fingerprint density at radius 2 is 1.62 bits per heavy atom. The summed E-state index contributed by atoms with van der Waals surface area (Å²) in [7, 11) is 5.07.